The quantitative estimate of drug-likeness (QED) is 0.0919. The van der Waals surface area contributed by atoms with Crippen LogP contribution in [0.25, 0.3) is 0 Å². The molecule has 7 amide bonds. The van der Waals surface area contributed by atoms with Crippen LogP contribution in [0.3, 0.4) is 0 Å². The highest BCUT2D eigenvalue weighted by atomic mass is 16.5. The Morgan fingerprint density at radius 1 is 0.646 bits per heavy atom. The van der Waals surface area contributed by atoms with Gasteiger partial charge < -0.3 is 46.9 Å². The van der Waals surface area contributed by atoms with Crippen LogP contribution in [0.5, 0.6) is 0 Å². The molecule has 7 N–H and O–H groups in total. The molecule has 0 saturated heterocycles. The van der Waals surface area contributed by atoms with Crippen molar-refractivity contribution < 1.29 is 38.3 Å². The fraction of sp³-hybridized carbons (Fsp3) is 0.594. The molecule has 1 aromatic rings. The molecule has 0 spiro atoms. The van der Waals surface area contributed by atoms with Gasteiger partial charge >= 0.3 is 6.09 Å². The number of carbonyl (C=O) groups is 7. The molecular weight excluding hydrogens is 624 g/mol. The van der Waals surface area contributed by atoms with Gasteiger partial charge in [0, 0.05) is 78.0 Å². The minimum atomic E-state index is -1.13. The molecular formula is C32H52N8O8. The smallest absolute Gasteiger partial charge is 0.407 e. The predicted octanol–water partition coefficient (Wildman–Crippen LogP) is -0.629. The van der Waals surface area contributed by atoms with Crippen LogP contribution < -0.4 is 32.3 Å². The van der Waals surface area contributed by atoms with Crippen LogP contribution in [0.4, 0.5) is 4.79 Å². The summed E-state index contributed by atoms with van der Waals surface area (Å²) >= 11 is 0. The molecule has 0 fully saturated rings. The lowest BCUT2D eigenvalue weighted by molar-refractivity contribution is -0.139. The first-order chi connectivity index (χ1) is 23.0. The van der Waals surface area contributed by atoms with E-state index in [-0.39, 0.29) is 96.5 Å². The second-order valence-corrected chi connectivity index (χ2v) is 10.7. The molecule has 1 rings (SSSR count). The molecule has 2 unspecified atom stereocenters. The van der Waals surface area contributed by atoms with Gasteiger partial charge in [-0.15, -0.1) is 0 Å². The summed E-state index contributed by atoms with van der Waals surface area (Å²) in [4.78, 5) is 91.0. The Morgan fingerprint density at radius 3 is 1.54 bits per heavy atom. The molecule has 0 saturated carbocycles. The molecule has 2 atom stereocenters. The SMILES string of the molecule is CCC(=O)NCC(NC(=O)CC)C(=O)N(CCN)CCN(CCNC(=O)OCc1ccccc1)C(=O)C(CNC(=O)CC)NC(=O)CC. The van der Waals surface area contributed by atoms with E-state index >= 15 is 0 Å². The standard InChI is InChI=1S/C32H52N8O8/c1-5-26(41)35-20-24(37-28(43)7-3)30(45)39(16-14-33)18-19-40(17-15-34-32(47)48-22-23-12-10-9-11-13-23)31(46)25(38-29(44)8-4)21-36-27(42)6-2/h9-13,24-25H,5-8,14-22,33H2,1-4H3,(H,34,47)(H,35,41)(H,36,42)(H,37,43)(H,38,44). The van der Waals surface area contributed by atoms with E-state index in [0.29, 0.717) is 0 Å². The maximum Gasteiger partial charge on any atom is 0.407 e. The van der Waals surface area contributed by atoms with Gasteiger partial charge in [0.1, 0.15) is 18.7 Å². The van der Waals surface area contributed by atoms with E-state index in [9.17, 15) is 33.6 Å². The van der Waals surface area contributed by atoms with Crippen LogP contribution in [-0.2, 0) is 40.1 Å². The Balaban J connectivity index is 3.18. The number of amides is 7. The van der Waals surface area contributed by atoms with Crippen LogP contribution in [0.1, 0.15) is 58.9 Å². The lowest BCUT2D eigenvalue weighted by atomic mass is 10.2. The lowest BCUT2D eigenvalue weighted by Crippen LogP contribution is -2.57. The summed E-state index contributed by atoms with van der Waals surface area (Å²) in [5.74, 6) is -2.49. The molecule has 0 heterocycles. The summed E-state index contributed by atoms with van der Waals surface area (Å²) in [5, 5.41) is 13.1. The fourth-order valence-electron chi connectivity index (χ4n) is 4.24. The number of hydrogen-bond acceptors (Lipinski definition) is 9. The third-order valence-electron chi connectivity index (χ3n) is 7.08. The van der Waals surface area contributed by atoms with Crippen molar-refractivity contribution in [2.45, 2.75) is 72.1 Å². The van der Waals surface area contributed by atoms with Crippen molar-refractivity contribution in [2.24, 2.45) is 5.73 Å². The van der Waals surface area contributed by atoms with Crippen molar-refractivity contribution in [2.75, 3.05) is 52.4 Å². The van der Waals surface area contributed by atoms with E-state index in [1.54, 1.807) is 39.8 Å². The minimum absolute atomic E-state index is 0.0296. The average Bonchev–Trinajstić information content (AvgIpc) is 3.10. The van der Waals surface area contributed by atoms with Gasteiger partial charge in [0.05, 0.1) is 0 Å². The molecule has 48 heavy (non-hydrogen) atoms. The minimum Gasteiger partial charge on any atom is -0.445 e. The second-order valence-electron chi connectivity index (χ2n) is 10.7. The van der Waals surface area contributed by atoms with Gasteiger partial charge in [-0.1, -0.05) is 58.0 Å². The van der Waals surface area contributed by atoms with Gasteiger partial charge in [-0.25, -0.2) is 4.79 Å². The van der Waals surface area contributed by atoms with Crippen molar-refractivity contribution in [3.63, 3.8) is 0 Å². The number of nitrogens with zero attached hydrogens (tertiary/aromatic N) is 2. The molecule has 0 aliphatic rings. The van der Waals surface area contributed by atoms with E-state index in [1.807, 2.05) is 18.2 Å². The zero-order chi connectivity index (χ0) is 35.9. The number of benzene rings is 1. The summed E-state index contributed by atoms with van der Waals surface area (Å²) in [6, 6.07) is 6.88. The van der Waals surface area contributed by atoms with Crippen LogP contribution in [0, 0.1) is 0 Å². The maximum atomic E-state index is 13.8. The number of rotatable bonds is 22. The molecule has 1 aromatic carbocycles. The van der Waals surface area contributed by atoms with Crippen LogP contribution in [0.15, 0.2) is 30.3 Å². The summed E-state index contributed by atoms with van der Waals surface area (Å²) in [6.07, 6.45) is -0.134. The highest BCUT2D eigenvalue weighted by molar-refractivity contribution is 5.90. The molecule has 268 valence electrons. The Labute approximate surface area is 282 Å². The Hall–Kier alpha value is -4.73. The van der Waals surface area contributed by atoms with Crippen molar-refractivity contribution in [1.82, 2.24) is 36.4 Å². The third kappa shape index (κ3) is 16.2. The van der Waals surface area contributed by atoms with Gasteiger partial charge in [0.15, 0.2) is 0 Å². The average molecular weight is 677 g/mol. The Bertz CT molecular complexity index is 1200. The molecule has 0 aromatic heterocycles. The van der Waals surface area contributed by atoms with E-state index in [2.05, 4.69) is 26.6 Å². The molecule has 0 aliphatic carbocycles. The van der Waals surface area contributed by atoms with Crippen molar-refractivity contribution >= 4 is 41.5 Å². The normalized spacial score (nSPS) is 11.7. The van der Waals surface area contributed by atoms with Crippen LogP contribution in [0.2, 0.25) is 0 Å². The van der Waals surface area contributed by atoms with Crippen molar-refractivity contribution in [3.8, 4) is 0 Å². The van der Waals surface area contributed by atoms with E-state index in [4.69, 9.17) is 10.5 Å². The fourth-order valence-corrected chi connectivity index (χ4v) is 4.24. The highest BCUT2D eigenvalue weighted by Gasteiger charge is 2.29. The summed E-state index contributed by atoms with van der Waals surface area (Å²) in [6.45, 7) is 6.29. The van der Waals surface area contributed by atoms with E-state index in [0.717, 1.165) is 5.56 Å². The molecule has 16 heteroatoms. The third-order valence-corrected chi connectivity index (χ3v) is 7.08. The van der Waals surface area contributed by atoms with Crippen molar-refractivity contribution in [3.05, 3.63) is 35.9 Å². The summed E-state index contributed by atoms with van der Waals surface area (Å²) in [7, 11) is 0. The maximum absolute atomic E-state index is 13.8. The zero-order valence-electron chi connectivity index (χ0n) is 28.5. The number of ether oxygens (including phenoxy) is 1. The molecule has 16 nitrogen and oxygen atoms in total. The molecule has 0 radical (unpaired) electrons. The largest absolute Gasteiger partial charge is 0.445 e. The van der Waals surface area contributed by atoms with Gasteiger partial charge in [-0.3, -0.25) is 28.8 Å². The topological polar surface area (TPSA) is 221 Å². The zero-order valence-corrected chi connectivity index (χ0v) is 28.5. The van der Waals surface area contributed by atoms with E-state index in [1.165, 1.54) is 9.80 Å². The monoisotopic (exact) mass is 676 g/mol. The van der Waals surface area contributed by atoms with E-state index < -0.39 is 41.8 Å². The predicted molar refractivity (Wildman–Crippen MR) is 178 cm³/mol. The first-order valence-electron chi connectivity index (χ1n) is 16.3. The van der Waals surface area contributed by atoms with Gasteiger partial charge in [0.2, 0.25) is 35.4 Å². The number of alkyl carbamates (subject to hydrolysis) is 1. The number of carbonyl (C=O) groups excluding carboxylic acids is 7. The molecule has 0 aliphatic heterocycles. The summed E-state index contributed by atoms with van der Waals surface area (Å²) < 4.78 is 5.25. The number of nitrogens with two attached hydrogens (primary N) is 1. The second kappa shape index (κ2) is 23.6. The lowest BCUT2D eigenvalue weighted by Gasteiger charge is -2.32. The first-order valence-corrected chi connectivity index (χ1v) is 16.3. The number of nitrogens with one attached hydrogen (secondary N) is 5. The Kier molecular flexibility index (Phi) is 20.3. The van der Waals surface area contributed by atoms with Crippen LogP contribution >= 0.6 is 0 Å². The summed E-state index contributed by atoms with van der Waals surface area (Å²) in [5.41, 5.74) is 6.60. The highest BCUT2D eigenvalue weighted by Crippen LogP contribution is 2.04. The Morgan fingerprint density at radius 2 is 1.10 bits per heavy atom. The van der Waals surface area contributed by atoms with Gasteiger partial charge in [-0.05, 0) is 5.56 Å². The van der Waals surface area contributed by atoms with Crippen molar-refractivity contribution in [1.29, 1.82) is 0 Å². The number of hydrogen-bond donors (Lipinski definition) is 6. The van der Waals surface area contributed by atoms with Gasteiger partial charge in [-0.2, -0.15) is 0 Å². The first kappa shape index (κ1) is 41.3. The van der Waals surface area contributed by atoms with Gasteiger partial charge in [0.25, 0.3) is 0 Å². The molecule has 0 bridgehead atoms. The van der Waals surface area contributed by atoms with Crippen LogP contribution in [-0.4, -0.2) is 116 Å².